The number of piperidine rings is 1. The van der Waals surface area contributed by atoms with E-state index in [2.05, 4.69) is 4.98 Å². The first kappa shape index (κ1) is 15.8. The van der Waals surface area contributed by atoms with Crippen molar-refractivity contribution in [3.05, 3.63) is 40.3 Å². The molecule has 1 aromatic carbocycles. The molecule has 0 radical (unpaired) electrons. The summed E-state index contributed by atoms with van der Waals surface area (Å²) in [5, 5.41) is 2.61. The number of hydrogen-bond acceptors (Lipinski definition) is 5. The Morgan fingerprint density at radius 2 is 1.96 bits per heavy atom. The Bertz CT molecular complexity index is 665. The zero-order valence-electron chi connectivity index (χ0n) is 13.2. The van der Waals surface area contributed by atoms with Gasteiger partial charge in [-0.25, -0.2) is 4.98 Å². The highest BCUT2D eigenvalue weighted by atomic mass is 32.1. The van der Waals surface area contributed by atoms with Gasteiger partial charge in [-0.05, 0) is 31.4 Å². The molecule has 6 heteroatoms. The number of carbonyl (C=O) groups is 1. The predicted octanol–water partition coefficient (Wildman–Crippen LogP) is 3.36. The van der Waals surface area contributed by atoms with Crippen molar-refractivity contribution in [3.8, 4) is 11.5 Å². The molecule has 0 atom stereocenters. The van der Waals surface area contributed by atoms with E-state index in [-0.39, 0.29) is 5.91 Å². The van der Waals surface area contributed by atoms with E-state index in [1.54, 1.807) is 7.11 Å². The second-order valence-electron chi connectivity index (χ2n) is 5.42. The Morgan fingerprint density at radius 3 is 2.70 bits per heavy atom. The summed E-state index contributed by atoms with van der Waals surface area (Å²) < 4.78 is 11.0. The van der Waals surface area contributed by atoms with Crippen LogP contribution >= 0.6 is 11.3 Å². The van der Waals surface area contributed by atoms with Crippen LogP contribution in [0.5, 0.6) is 11.5 Å². The van der Waals surface area contributed by atoms with Gasteiger partial charge in [0, 0.05) is 18.5 Å². The lowest BCUT2D eigenvalue weighted by Crippen LogP contribution is -2.35. The summed E-state index contributed by atoms with van der Waals surface area (Å²) in [6.45, 7) is 2.01. The lowest BCUT2D eigenvalue weighted by atomic mass is 10.1. The molecular formula is C17H20N2O3S. The SMILES string of the molecule is COc1ccccc1OCc1nc(C(=O)N2CCCCC2)cs1. The van der Waals surface area contributed by atoms with Gasteiger partial charge in [-0.2, -0.15) is 0 Å². The quantitative estimate of drug-likeness (QED) is 0.842. The molecule has 0 aliphatic carbocycles. The van der Waals surface area contributed by atoms with Crippen LogP contribution in [0.25, 0.3) is 0 Å². The maximum Gasteiger partial charge on any atom is 0.273 e. The number of likely N-dealkylation sites (tertiary alicyclic amines) is 1. The minimum absolute atomic E-state index is 0.0319. The molecule has 1 saturated heterocycles. The molecule has 1 aliphatic rings. The Labute approximate surface area is 139 Å². The van der Waals surface area contributed by atoms with Crippen LogP contribution in [0.3, 0.4) is 0 Å². The molecule has 0 spiro atoms. The average Bonchev–Trinajstić information content (AvgIpc) is 3.09. The van der Waals surface area contributed by atoms with Crippen molar-refractivity contribution in [1.82, 2.24) is 9.88 Å². The zero-order valence-corrected chi connectivity index (χ0v) is 14.0. The first-order valence-corrected chi connectivity index (χ1v) is 8.65. The molecule has 0 N–H and O–H groups in total. The number of para-hydroxylation sites is 2. The van der Waals surface area contributed by atoms with Crippen molar-refractivity contribution >= 4 is 17.2 Å². The van der Waals surface area contributed by atoms with Gasteiger partial charge in [0.15, 0.2) is 11.5 Å². The highest BCUT2D eigenvalue weighted by Crippen LogP contribution is 2.27. The first-order chi connectivity index (χ1) is 11.3. The minimum atomic E-state index is 0.0319. The van der Waals surface area contributed by atoms with Gasteiger partial charge in [0.25, 0.3) is 5.91 Å². The van der Waals surface area contributed by atoms with Crippen LogP contribution in [0.4, 0.5) is 0 Å². The van der Waals surface area contributed by atoms with Crippen LogP contribution in [-0.2, 0) is 6.61 Å². The standard InChI is InChI=1S/C17H20N2O3S/c1-21-14-7-3-4-8-15(14)22-11-16-18-13(12-23-16)17(20)19-9-5-2-6-10-19/h3-4,7-8,12H,2,5-6,9-11H2,1H3. The van der Waals surface area contributed by atoms with Crippen molar-refractivity contribution in [3.63, 3.8) is 0 Å². The third-order valence-corrected chi connectivity index (χ3v) is 4.66. The van der Waals surface area contributed by atoms with Crippen molar-refractivity contribution in [2.24, 2.45) is 0 Å². The maximum atomic E-state index is 12.4. The largest absolute Gasteiger partial charge is 0.493 e. The number of thiazole rings is 1. The van der Waals surface area contributed by atoms with Crippen molar-refractivity contribution in [2.45, 2.75) is 25.9 Å². The topological polar surface area (TPSA) is 51.7 Å². The number of ether oxygens (including phenoxy) is 2. The number of amides is 1. The molecule has 3 rings (SSSR count). The van der Waals surface area contributed by atoms with Crippen LogP contribution in [0.15, 0.2) is 29.6 Å². The van der Waals surface area contributed by atoms with Gasteiger partial charge in [0.2, 0.25) is 0 Å². The molecule has 0 saturated carbocycles. The highest BCUT2D eigenvalue weighted by molar-refractivity contribution is 7.09. The van der Waals surface area contributed by atoms with Gasteiger partial charge in [0.1, 0.15) is 17.3 Å². The van der Waals surface area contributed by atoms with Crippen LogP contribution in [0.1, 0.15) is 34.8 Å². The van der Waals surface area contributed by atoms with Gasteiger partial charge in [-0.3, -0.25) is 4.79 Å². The van der Waals surface area contributed by atoms with Gasteiger partial charge >= 0.3 is 0 Å². The van der Waals surface area contributed by atoms with E-state index in [4.69, 9.17) is 9.47 Å². The number of benzene rings is 1. The highest BCUT2D eigenvalue weighted by Gasteiger charge is 2.20. The molecule has 23 heavy (non-hydrogen) atoms. The minimum Gasteiger partial charge on any atom is -0.493 e. The second kappa shape index (κ2) is 7.46. The molecule has 5 nitrogen and oxygen atoms in total. The third kappa shape index (κ3) is 3.82. The fourth-order valence-electron chi connectivity index (χ4n) is 2.61. The average molecular weight is 332 g/mol. The fourth-order valence-corrected chi connectivity index (χ4v) is 3.29. The molecule has 1 aromatic heterocycles. The molecule has 1 aliphatic heterocycles. The Kier molecular flexibility index (Phi) is 5.12. The van der Waals surface area contributed by atoms with Gasteiger partial charge in [0.05, 0.1) is 7.11 Å². The summed E-state index contributed by atoms with van der Waals surface area (Å²) >= 11 is 1.45. The molecular weight excluding hydrogens is 312 g/mol. The lowest BCUT2D eigenvalue weighted by Gasteiger charge is -2.25. The van der Waals surface area contributed by atoms with E-state index >= 15 is 0 Å². The fraction of sp³-hybridized carbons (Fsp3) is 0.412. The van der Waals surface area contributed by atoms with Gasteiger partial charge < -0.3 is 14.4 Å². The Balaban J connectivity index is 1.62. The van der Waals surface area contributed by atoms with Crippen molar-refractivity contribution in [1.29, 1.82) is 0 Å². The number of rotatable bonds is 5. The van der Waals surface area contributed by atoms with E-state index in [9.17, 15) is 4.79 Å². The molecule has 0 unspecified atom stereocenters. The lowest BCUT2D eigenvalue weighted by molar-refractivity contribution is 0.0719. The molecule has 0 bridgehead atoms. The van der Waals surface area contributed by atoms with Crippen molar-refractivity contribution in [2.75, 3.05) is 20.2 Å². The molecule has 1 amide bonds. The van der Waals surface area contributed by atoms with E-state index in [0.29, 0.717) is 23.8 Å². The predicted molar refractivity (Wildman–Crippen MR) is 89.2 cm³/mol. The zero-order chi connectivity index (χ0) is 16.1. The number of nitrogens with zero attached hydrogens (tertiary/aromatic N) is 2. The molecule has 2 aromatic rings. The van der Waals surface area contributed by atoms with E-state index < -0.39 is 0 Å². The summed E-state index contributed by atoms with van der Waals surface area (Å²) in [7, 11) is 1.61. The molecule has 2 heterocycles. The molecule has 122 valence electrons. The van der Waals surface area contributed by atoms with Crippen LogP contribution < -0.4 is 9.47 Å². The summed E-state index contributed by atoms with van der Waals surface area (Å²) in [6, 6.07) is 7.49. The van der Waals surface area contributed by atoms with E-state index in [1.807, 2.05) is 34.5 Å². The number of carbonyl (C=O) groups excluding carboxylic acids is 1. The number of methoxy groups -OCH3 is 1. The van der Waals surface area contributed by atoms with Crippen LogP contribution in [0, 0.1) is 0 Å². The van der Waals surface area contributed by atoms with Crippen molar-refractivity contribution < 1.29 is 14.3 Å². The monoisotopic (exact) mass is 332 g/mol. The molecule has 1 fully saturated rings. The van der Waals surface area contributed by atoms with E-state index in [0.717, 1.165) is 30.9 Å². The normalized spacial score (nSPS) is 14.6. The summed E-state index contributed by atoms with van der Waals surface area (Å²) in [6.07, 6.45) is 3.37. The summed E-state index contributed by atoms with van der Waals surface area (Å²) in [5.41, 5.74) is 0.524. The van der Waals surface area contributed by atoms with E-state index in [1.165, 1.54) is 17.8 Å². The Morgan fingerprint density at radius 1 is 1.22 bits per heavy atom. The third-order valence-electron chi connectivity index (χ3n) is 3.83. The second-order valence-corrected chi connectivity index (χ2v) is 6.36. The smallest absolute Gasteiger partial charge is 0.273 e. The maximum absolute atomic E-state index is 12.4. The number of hydrogen-bond donors (Lipinski definition) is 0. The summed E-state index contributed by atoms with van der Waals surface area (Å²) in [5.74, 6) is 1.40. The van der Waals surface area contributed by atoms with Gasteiger partial charge in [-0.1, -0.05) is 12.1 Å². The summed E-state index contributed by atoms with van der Waals surface area (Å²) in [4.78, 5) is 18.7. The van der Waals surface area contributed by atoms with Gasteiger partial charge in [-0.15, -0.1) is 11.3 Å². The van der Waals surface area contributed by atoms with Crippen LogP contribution in [-0.4, -0.2) is 36.0 Å². The Hall–Kier alpha value is -2.08. The first-order valence-electron chi connectivity index (χ1n) is 7.77. The van der Waals surface area contributed by atoms with Crippen LogP contribution in [0.2, 0.25) is 0 Å². The number of aromatic nitrogens is 1.